The number of aliphatic hydroxyl groups is 3. The van der Waals surface area contributed by atoms with E-state index in [-0.39, 0.29) is 19.6 Å². The highest BCUT2D eigenvalue weighted by Gasteiger charge is 2.48. The van der Waals surface area contributed by atoms with E-state index < -0.39 is 59.8 Å². The van der Waals surface area contributed by atoms with Gasteiger partial charge in [0, 0.05) is 13.0 Å². The lowest BCUT2D eigenvalue weighted by Crippen LogP contribution is -2.60. The van der Waals surface area contributed by atoms with E-state index in [1.165, 1.54) is 51.4 Å². The summed E-state index contributed by atoms with van der Waals surface area (Å²) in [4.78, 5) is 12.8. The second kappa shape index (κ2) is 37.6. The molecule has 1 saturated heterocycles. The first-order valence-corrected chi connectivity index (χ1v) is 23.9. The first-order chi connectivity index (χ1) is 28.6. The zero-order valence-electron chi connectivity index (χ0n) is 36.3. The summed E-state index contributed by atoms with van der Waals surface area (Å²) in [5.41, 5.74) is 0. The van der Waals surface area contributed by atoms with Gasteiger partial charge in [0.2, 0.25) is 0 Å². The van der Waals surface area contributed by atoms with Crippen molar-refractivity contribution in [1.82, 2.24) is 0 Å². The third-order valence-corrected chi connectivity index (χ3v) is 10.4. The molecule has 0 saturated carbocycles. The van der Waals surface area contributed by atoms with Crippen molar-refractivity contribution in [3.63, 3.8) is 0 Å². The molecule has 1 heterocycles. The predicted octanol–water partition coefficient (Wildman–Crippen LogP) is 9.35. The molecule has 0 aromatic rings. The summed E-state index contributed by atoms with van der Waals surface area (Å²) >= 11 is 0. The molecule has 0 spiro atoms. The highest BCUT2D eigenvalue weighted by molar-refractivity contribution is 7.80. The Hall–Kier alpha value is -2.20. The minimum Gasteiger partial charge on any atom is -0.457 e. The first kappa shape index (κ1) is 54.8. The summed E-state index contributed by atoms with van der Waals surface area (Å²) < 4.78 is 59.0. The monoisotopic (exact) mass is 857 g/mol. The van der Waals surface area contributed by atoms with Crippen LogP contribution in [0.15, 0.2) is 60.8 Å². The van der Waals surface area contributed by atoms with Crippen LogP contribution in [0.2, 0.25) is 0 Å². The summed E-state index contributed by atoms with van der Waals surface area (Å²) in [7, 11) is -5.07. The maximum atomic E-state index is 12.8. The molecular formula is C46H80O12S. The highest BCUT2D eigenvalue weighted by Crippen LogP contribution is 2.26. The number of carbonyl (C=O) groups is 1. The topological polar surface area (TPSA) is 178 Å². The molecule has 0 aromatic heterocycles. The highest BCUT2D eigenvalue weighted by atomic mass is 32.3. The molecule has 6 atom stereocenters. The van der Waals surface area contributed by atoms with E-state index in [9.17, 15) is 28.5 Å². The Morgan fingerprint density at radius 1 is 0.661 bits per heavy atom. The van der Waals surface area contributed by atoms with Crippen molar-refractivity contribution in [2.24, 2.45) is 0 Å². The number of ether oxygens (including phenoxy) is 4. The van der Waals surface area contributed by atoms with Gasteiger partial charge in [0.25, 0.3) is 0 Å². The molecule has 4 N–H and O–H groups in total. The van der Waals surface area contributed by atoms with Crippen molar-refractivity contribution in [3.8, 4) is 0 Å². The van der Waals surface area contributed by atoms with Crippen LogP contribution in [0.5, 0.6) is 0 Å². The fourth-order valence-electron chi connectivity index (χ4n) is 6.52. The Balaban J connectivity index is 2.44. The molecule has 0 bridgehead atoms. The van der Waals surface area contributed by atoms with E-state index in [1.807, 2.05) is 0 Å². The van der Waals surface area contributed by atoms with Crippen LogP contribution in [0.3, 0.4) is 0 Å². The van der Waals surface area contributed by atoms with Crippen LogP contribution in [0.25, 0.3) is 0 Å². The van der Waals surface area contributed by atoms with E-state index >= 15 is 0 Å². The predicted molar refractivity (Wildman–Crippen MR) is 234 cm³/mol. The molecule has 6 unspecified atom stereocenters. The van der Waals surface area contributed by atoms with Gasteiger partial charge in [0.05, 0.1) is 19.8 Å². The zero-order valence-corrected chi connectivity index (χ0v) is 37.1. The largest absolute Gasteiger partial charge is 0.457 e. The van der Waals surface area contributed by atoms with Crippen LogP contribution in [0.4, 0.5) is 0 Å². The maximum Gasteiger partial charge on any atom is 0.397 e. The van der Waals surface area contributed by atoms with Gasteiger partial charge in [-0.2, -0.15) is 8.42 Å². The van der Waals surface area contributed by atoms with Crippen molar-refractivity contribution < 1.29 is 56.2 Å². The molecule has 1 fully saturated rings. The number of allylic oxidation sites excluding steroid dienone is 10. The summed E-state index contributed by atoms with van der Waals surface area (Å²) in [6, 6.07) is 0. The van der Waals surface area contributed by atoms with Gasteiger partial charge < -0.3 is 34.3 Å². The quantitative estimate of drug-likeness (QED) is 0.0201. The van der Waals surface area contributed by atoms with Crippen LogP contribution < -0.4 is 0 Å². The minimum atomic E-state index is -5.07. The standard InChI is InChI=1S/C46H80O12S/c1-3-5-7-9-11-13-15-17-18-19-20-21-22-23-24-26-28-30-32-34-36-54-38-40(56-42(48)35-33-31-29-27-25-16-14-12-10-8-6-4-2)39-55-46-44(50)45(58-59(51,52)53)43(49)41(37-47)57-46/h5,7,11,13,17-18,20-21,23-24,40-41,43-47,49-50H,3-4,6,8-10,12,14-16,19,22,25-39H2,1-2H3,(H,51,52,53)/b7-5-,13-11-,18-17-,21-20-,24-23-. The SMILES string of the molecule is CC/C=C\C/C=C\C/C=C\C/C=C\C/C=C\CCCCCCOCC(COC1OC(CO)C(O)C(OS(=O)(=O)O)C1O)OC(=O)CCCCCCCCCCCCCC. The Morgan fingerprint density at radius 2 is 1.17 bits per heavy atom. The van der Waals surface area contributed by atoms with Gasteiger partial charge in [-0.1, -0.05) is 158 Å². The van der Waals surface area contributed by atoms with Crippen LogP contribution in [0, 0.1) is 0 Å². The second-order valence-corrected chi connectivity index (χ2v) is 16.3. The number of carbonyl (C=O) groups excluding carboxylic acids is 1. The molecule has 12 nitrogen and oxygen atoms in total. The fraction of sp³-hybridized carbons (Fsp3) is 0.761. The number of aliphatic hydroxyl groups excluding tert-OH is 3. The summed E-state index contributed by atoms with van der Waals surface area (Å²) in [6.07, 6.45) is 36.8. The molecule has 0 amide bonds. The lowest BCUT2D eigenvalue weighted by molar-refractivity contribution is -0.301. The summed E-state index contributed by atoms with van der Waals surface area (Å²) in [5.74, 6) is -0.411. The van der Waals surface area contributed by atoms with E-state index in [0.29, 0.717) is 13.0 Å². The molecule has 342 valence electrons. The molecule has 59 heavy (non-hydrogen) atoms. The Kier molecular flexibility index (Phi) is 34.9. The molecule has 13 heteroatoms. The first-order valence-electron chi connectivity index (χ1n) is 22.5. The Labute approximate surface area is 357 Å². The van der Waals surface area contributed by atoms with E-state index in [0.717, 1.165) is 83.5 Å². The summed E-state index contributed by atoms with van der Waals surface area (Å²) in [5, 5.41) is 30.6. The lowest BCUT2D eigenvalue weighted by atomic mass is 9.99. The smallest absolute Gasteiger partial charge is 0.397 e. The zero-order chi connectivity index (χ0) is 43.2. The number of esters is 1. The number of rotatable bonds is 38. The van der Waals surface area contributed by atoms with Crippen molar-refractivity contribution in [1.29, 1.82) is 0 Å². The maximum absolute atomic E-state index is 12.8. The average Bonchev–Trinajstić information content (AvgIpc) is 3.20. The van der Waals surface area contributed by atoms with Crippen LogP contribution >= 0.6 is 0 Å². The van der Waals surface area contributed by atoms with Crippen molar-refractivity contribution in [2.75, 3.05) is 26.4 Å². The number of unbranched alkanes of at least 4 members (excludes halogenated alkanes) is 15. The van der Waals surface area contributed by atoms with Gasteiger partial charge in [-0.25, -0.2) is 4.18 Å². The molecule has 0 radical (unpaired) electrons. The Bertz CT molecular complexity index is 1260. The van der Waals surface area contributed by atoms with Gasteiger partial charge >= 0.3 is 16.4 Å². The van der Waals surface area contributed by atoms with Crippen LogP contribution in [-0.2, 0) is 38.3 Å². The van der Waals surface area contributed by atoms with Gasteiger partial charge in [0.15, 0.2) is 6.29 Å². The molecular weight excluding hydrogens is 777 g/mol. The van der Waals surface area contributed by atoms with Crippen molar-refractivity contribution in [3.05, 3.63) is 60.8 Å². The molecule has 1 aliphatic rings. The van der Waals surface area contributed by atoms with Crippen LogP contribution in [-0.4, -0.2) is 97.5 Å². The molecule has 0 aromatic carbocycles. The molecule has 1 aliphatic heterocycles. The average molecular weight is 857 g/mol. The normalized spacial score (nSPS) is 20.9. The molecule has 0 aliphatic carbocycles. The second-order valence-electron chi connectivity index (χ2n) is 15.3. The summed E-state index contributed by atoms with van der Waals surface area (Å²) in [6.45, 7) is 3.80. The third-order valence-electron chi connectivity index (χ3n) is 9.90. The van der Waals surface area contributed by atoms with E-state index in [1.54, 1.807) is 0 Å². The minimum absolute atomic E-state index is 0.0179. The van der Waals surface area contributed by atoms with Gasteiger partial charge in [-0.15, -0.1) is 0 Å². The van der Waals surface area contributed by atoms with E-state index in [4.69, 9.17) is 23.5 Å². The fourth-order valence-corrected chi connectivity index (χ4v) is 7.03. The third kappa shape index (κ3) is 31.3. The van der Waals surface area contributed by atoms with Crippen LogP contribution in [0.1, 0.15) is 162 Å². The van der Waals surface area contributed by atoms with Gasteiger partial charge in [-0.05, 0) is 57.8 Å². The Morgan fingerprint density at radius 3 is 1.71 bits per heavy atom. The molecule has 1 rings (SSSR count). The van der Waals surface area contributed by atoms with Gasteiger partial charge in [-0.3, -0.25) is 9.35 Å². The van der Waals surface area contributed by atoms with E-state index in [2.05, 4.69) is 78.8 Å². The van der Waals surface area contributed by atoms with Crippen molar-refractivity contribution in [2.45, 2.75) is 198 Å². The van der Waals surface area contributed by atoms with Gasteiger partial charge in [0.1, 0.15) is 30.5 Å². The van der Waals surface area contributed by atoms with Crippen molar-refractivity contribution >= 4 is 16.4 Å². The number of hydrogen-bond acceptors (Lipinski definition) is 11. The number of hydrogen-bond donors (Lipinski definition) is 4. The lowest BCUT2D eigenvalue weighted by Gasteiger charge is -2.41.